The molecule has 0 fully saturated rings. The van der Waals surface area contributed by atoms with Crippen molar-refractivity contribution in [2.45, 2.75) is 45.6 Å². The van der Waals surface area contributed by atoms with E-state index in [9.17, 15) is 4.39 Å². The topological polar surface area (TPSA) is 35.2 Å². The number of nitrogens with two attached hydrogens (primary N) is 1. The molecule has 2 nitrogen and oxygen atoms in total. The normalized spacial score (nSPS) is 12.8. The van der Waals surface area contributed by atoms with Crippen LogP contribution in [0.4, 0.5) is 4.39 Å². The molecule has 0 aliphatic carbocycles. The van der Waals surface area contributed by atoms with Crippen LogP contribution in [-0.4, -0.2) is 7.11 Å². The van der Waals surface area contributed by atoms with Crippen molar-refractivity contribution < 1.29 is 9.13 Å². The second-order valence-corrected chi connectivity index (χ2v) is 5.73. The highest BCUT2D eigenvalue weighted by Crippen LogP contribution is 2.35. The first-order valence-electron chi connectivity index (χ1n) is 6.83. The summed E-state index contributed by atoms with van der Waals surface area (Å²) in [5.74, 6) is 0.613. The minimum Gasteiger partial charge on any atom is -0.496 e. The SMILES string of the molecule is CCCC(CCC)C(N)c1cc(Br)c(F)cc1OC. The van der Waals surface area contributed by atoms with Crippen LogP contribution in [0.3, 0.4) is 0 Å². The highest BCUT2D eigenvalue weighted by atomic mass is 79.9. The first-order valence-corrected chi connectivity index (χ1v) is 7.62. The maximum atomic E-state index is 13.5. The molecule has 0 spiro atoms. The van der Waals surface area contributed by atoms with E-state index >= 15 is 0 Å². The van der Waals surface area contributed by atoms with Crippen LogP contribution in [0.5, 0.6) is 5.75 Å². The lowest BCUT2D eigenvalue weighted by atomic mass is 9.86. The molecule has 19 heavy (non-hydrogen) atoms. The van der Waals surface area contributed by atoms with Crippen LogP contribution in [0.25, 0.3) is 0 Å². The molecule has 1 rings (SSSR count). The highest BCUT2D eigenvalue weighted by Gasteiger charge is 2.22. The second-order valence-electron chi connectivity index (χ2n) is 4.87. The van der Waals surface area contributed by atoms with Crippen molar-refractivity contribution in [3.8, 4) is 5.75 Å². The smallest absolute Gasteiger partial charge is 0.141 e. The minimum absolute atomic E-state index is 0.119. The average Bonchev–Trinajstić information content (AvgIpc) is 2.40. The van der Waals surface area contributed by atoms with Gasteiger partial charge in [0.2, 0.25) is 0 Å². The Morgan fingerprint density at radius 3 is 2.32 bits per heavy atom. The lowest BCUT2D eigenvalue weighted by Gasteiger charge is -2.25. The predicted octanol–water partition coefficient (Wildman–Crippen LogP) is 4.81. The number of ether oxygens (including phenoxy) is 1. The molecule has 0 aliphatic heterocycles. The Bertz CT molecular complexity index is 405. The monoisotopic (exact) mass is 331 g/mol. The summed E-state index contributed by atoms with van der Waals surface area (Å²) in [6.07, 6.45) is 4.35. The van der Waals surface area contributed by atoms with Crippen molar-refractivity contribution in [1.29, 1.82) is 0 Å². The van der Waals surface area contributed by atoms with E-state index in [-0.39, 0.29) is 11.9 Å². The highest BCUT2D eigenvalue weighted by molar-refractivity contribution is 9.10. The fourth-order valence-electron chi connectivity index (χ4n) is 2.48. The summed E-state index contributed by atoms with van der Waals surface area (Å²) in [6, 6.07) is 3.03. The Labute approximate surface area is 123 Å². The standard InChI is InChI=1S/C15H23BrFNO/c1-4-6-10(7-5-2)15(18)11-8-12(16)13(17)9-14(11)19-3/h8-10,15H,4-7,18H2,1-3H3. The quantitative estimate of drug-likeness (QED) is 0.777. The van der Waals surface area contributed by atoms with Gasteiger partial charge in [0.15, 0.2) is 0 Å². The van der Waals surface area contributed by atoms with Gasteiger partial charge in [0.25, 0.3) is 0 Å². The zero-order chi connectivity index (χ0) is 14.4. The van der Waals surface area contributed by atoms with Crippen molar-refractivity contribution in [1.82, 2.24) is 0 Å². The van der Waals surface area contributed by atoms with Crippen molar-refractivity contribution in [2.75, 3.05) is 7.11 Å². The number of hydrogen-bond donors (Lipinski definition) is 1. The first-order chi connectivity index (χ1) is 9.04. The molecule has 4 heteroatoms. The van der Waals surface area contributed by atoms with Gasteiger partial charge in [-0.15, -0.1) is 0 Å². The fourth-order valence-corrected chi connectivity index (χ4v) is 2.84. The number of hydrogen-bond acceptors (Lipinski definition) is 2. The summed E-state index contributed by atoms with van der Waals surface area (Å²) in [5, 5.41) is 0. The van der Waals surface area contributed by atoms with Gasteiger partial charge in [-0.2, -0.15) is 0 Å². The molecule has 0 aliphatic rings. The molecule has 0 bridgehead atoms. The minimum atomic E-state index is -0.324. The maximum absolute atomic E-state index is 13.5. The third-order valence-electron chi connectivity index (χ3n) is 3.46. The van der Waals surface area contributed by atoms with E-state index < -0.39 is 0 Å². The van der Waals surface area contributed by atoms with Gasteiger partial charge in [0, 0.05) is 17.7 Å². The van der Waals surface area contributed by atoms with Crippen LogP contribution < -0.4 is 10.5 Å². The largest absolute Gasteiger partial charge is 0.496 e. The van der Waals surface area contributed by atoms with Crippen molar-refractivity contribution in [3.63, 3.8) is 0 Å². The number of halogens is 2. The Morgan fingerprint density at radius 2 is 1.84 bits per heavy atom. The van der Waals surface area contributed by atoms with E-state index in [1.807, 2.05) is 0 Å². The lowest BCUT2D eigenvalue weighted by molar-refractivity contribution is 0.348. The summed E-state index contributed by atoms with van der Waals surface area (Å²) < 4.78 is 19.2. The van der Waals surface area contributed by atoms with Gasteiger partial charge in [0.05, 0.1) is 11.6 Å². The molecule has 0 saturated carbocycles. The summed E-state index contributed by atoms with van der Waals surface area (Å²) in [7, 11) is 1.55. The van der Waals surface area contributed by atoms with Crippen LogP contribution in [0, 0.1) is 11.7 Å². The molecule has 1 aromatic carbocycles. The maximum Gasteiger partial charge on any atom is 0.141 e. The van der Waals surface area contributed by atoms with Gasteiger partial charge in [-0.25, -0.2) is 4.39 Å². The number of methoxy groups -OCH3 is 1. The van der Waals surface area contributed by atoms with Gasteiger partial charge in [-0.05, 0) is 40.8 Å². The molecular formula is C15H23BrFNO. The van der Waals surface area contributed by atoms with E-state index in [1.54, 1.807) is 13.2 Å². The molecule has 1 unspecified atom stereocenters. The number of rotatable bonds is 7. The van der Waals surface area contributed by atoms with Crippen LogP contribution >= 0.6 is 15.9 Å². The molecule has 0 aromatic heterocycles. The van der Waals surface area contributed by atoms with E-state index in [1.165, 1.54) is 6.07 Å². The number of benzene rings is 1. The van der Waals surface area contributed by atoms with E-state index in [0.29, 0.717) is 16.1 Å². The Balaban J connectivity index is 3.08. The van der Waals surface area contributed by atoms with Crippen LogP contribution in [-0.2, 0) is 0 Å². The van der Waals surface area contributed by atoms with E-state index in [4.69, 9.17) is 10.5 Å². The Hall–Kier alpha value is -0.610. The predicted molar refractivity (Wildman–Crippen MR) is 80.9 cm³/mol. The fraction of sp³-hybridized carbons (Fsp3) is 0.600. The van der Waals surface area contributed by atoms with Crippen LogP contribution in [0.1, 0.15) is 51.1 Å². The lowest BCUT2D eigenvalue weighted by Crippen LogP contribution is -2.22. The summed E-state index contributed by atoms with van der Waals surface area (Å²) in [4.78, 5) is 0. The van der Waals surface area contributed by atoms with Gasteiger partial charge in [-0.1, -0.05) is 26.7 Å². The molecule has 2 N–H and O–H groups in total. The van der Waals surface area contributed by atoms with E-state index in [0.717, 1.165) is 31.2 Å². The third kappa shape index (κ3) is 4.18. The average molecular weight is 332 g/mol. The Kier molecular flexibility index (Phi) is 6.80. The Morgan fingerprint density at radius 1 is 1.26 bits per heavy atom. The molecular weight excluding hydrogens is 309 g/mol. The van der Waals surface area contributed by atoms with E-state index in [2.05, 4.69) is 29.8 Å². The van der Waals surface area contributed by atoms with Gasteiger partial charge >= 0.3 is 0 Å². The van der Waals surface area contributed by atoms with Crippen molar-refractivity contribution >= 4 is 15.9 Å². The first kappa shape index (κ1) is 16.4. The van der Waals surface area contributed by atoms with Gasteiger partial charge in [-0.3, -0.25) is 0 Å². The zero-order valence-corrected chi connectivity index (χ0v) is 13.5. The summed E-state index contributed by atoms with van der Waals surface area (Å²) in [6.45, 7) is 4.32. The third-order valence-corrected chi connectivity index (χ3v) is 4.07. The van der Waals surface area contributed by atoms with Crippen LogP contribution in [0.2, 0.25) is 0 Å². The molecule has 1 atom stereocenters. The van der Waals surface area contributed by atoms with Crippen molar-refractivity contribution in [2.24, 2.45) is 11.7 Å². The van der Waals surface area contributed by atoms with Gasteiger partial charge < -0.3 is 10.5 Å². The molecule has 0 amide bonds. The second kappa shape index (κ2) is 7.85. The molecule has 1 aromatic rings. The molecule has 0 radical (unpaired) electrons. The molecule has 0 saturated heterocycles. The zero-order valence-electron chi connectivity index (χ0n) is 11.9. The van der Waals surface area contributed by atoms with Crippen molar-refractivity contribution in [3.05, 3.63) is 28.0 Å². The van der Waals surface area contributed by atoms with Gasteiger partial charge in [0.1, 0.15) is 11.6 Å². The molecule has 108 valence electrons. The van der Waals surface area contributed by atoms with Crippen LogP contribution in [0.15, 0.2) is 16.6 Å². The summed E-state index contributed by atoms with van der Waals surface area (Å²) in [5.41, 5.74) is 7.26. The summed E-state index contributed by atoms with van der Waals surface area (Å²) >= 11 is 3.22. The molecule has 0 heterocycles.